The molecule has 0 amide bonds. The number of rotatable bonds is 3. The number of aromatic nitrogens is 2. The van der Waals surface area contributed by atoms with E-state index in [1.54, 1.807) is 6.20 Å². The van der Waals surface area contributed by atoms with E-state index in [-0.39, 0.29) is 12.0 Å². The highest BCUT2D eigenvalue weighted by Crippen LogP contribution is 2.27. The third-order valence-electron chi connectivity index (χ3n) is 3.60. The van der Waals surface area contributed by atoms with Crippen LogP contribution in [0.4, 0.5) is 5.95 Å². The van der Waals surface area contributed by atoms with Gasteiger partial charge < -0.3 is 10.4 Å². The molecule has 0 bridgehead atoms. The molecule has 3 rings (SSSR count). The first-order valence-corrected chi connectivity index (χ1v) is 6.43. The first-order chi connectivity index (χ1) is 9.22. The van der Waals surface area contributed by atoms with Gasteiger partial charge in [-0.05, 0) is 25.3 Å². The largest absolute Gasteiger partial charge is 0.481 e. The minimum absolute atomic E-state index is 0.155. The number of carboxylic acid groups (broad SMARTS) is 1. The van der Waals surface area contributed by atoms with Gasteiger partial charge in [-0.3, -0.25) is 4.79 Å². The summed E-state index contributed by atoms with van der Waals surface area (Å²) < 4.78 is 0. The molecule has 0 saturated heterocycles. The summed E-state index contributed by atoms with van der Waals surface area (Å²) >= 11 is 0. The van der Waals surface area contributed by atoms with Crippen LogP contribution in [0.25, 0.3) is 10.9 Å². The zero-order valence-corrected chi connectivity index (χ0v) is 10.4. The molecule has 2 atom stereocenters. The maximum atomic E-state index is 10.9. The summed E-state index contributed by atoms with van der Waals surface area (Å²) in [5.41, 5.74) is 0.896. The van der Waals surface area contributed by atoms with Gasteiger partial charge in [-0.1, -0.05) is 18.2 Å². The zero-order valence-electron chi connectivity index (χ0n) is 10.4. The Morgan fingerprint density at radius 3 is 2.95 bits per heavy atom. The van der Waals surface area contributed by atoms with Crippen molar-refractivity contribution in [3.05, 3.63) is 30.5 Å². The van der Waals surface area contributed by atoms with Gasteiger partial charge in [0.25, 0.3) is 0 Å². The lowest BCUT2D eigenvalue weighted by molar-refractivity contribution is -0.141. The number of hydrogen-bond acceptors (Lipinski definition) is 4. The Balaban J connectivity index is 1.73. The number of carboxylic acids is 1. The van der Waals surface area contributed by atoms with Crippen molar-refractivity contribution in [3.63, 3.8) is 0 Å². The molecule has 1 aliphatic rings. The van der Waals surface area contributed by atoms with Gasteiger partial charge in [-0.15, -0.1) is 0 Å². The molecule has 19 heavy (non-hydrogen) atoms. The summed E-state index contributed by atoms with van der Waals surface area (Å²) in [4.78, 5) is 19.6. The second-order valence-corrected chi connectivity index (χ2v) is 4.94. The standard InChI is InChI=1S/C14H15N3O2/c18-13(19)9-5-6-11(7-9)16-14-15-8-10-3-1-2-4-12(10)17-14/h1-4,8-9,11H,5-7H2,(H,18,19)(H,15,16,17)/t9-,11+/m1/s1. The minimum Gasteiger partial charge on any atom is -0.481 e. The van der Waals surface area contributed by atoms with E-state index in [0.29, 0.717) is 12.4 Å². The average Bonchev–Trinajstić information content (AvgIpc) is 2.87. The van der Waals surface area contributed by atoms with Crippen molar-refractivity contribution in [2.24, 2.45) is 5.92 Å². The van der Waals surface area contributed by atoms with E-state index in [0.717, 1.165) is 23.7 Å². The molecule has 2 aromatic rings. The number of benzene rings is 1. The number of nitrogens with one attached hydrogen (secondary N) is 1. The van der Waals surface area contributed by atoms with Gasteiger partial charge in [0.05, 0.1) is 11.4 Å². The van der Waals surface area contributed by atoms with Crippen molar-refractivity contribution in [2.75, 3.05) is 5.32 Å². The van der Waals surface area contributed by atoms with E-state index in [4.69, 9.17) is 5.11 Å². The molecule has 5 nitrogen and oxygen atoms in total. The smallest absolute Gasteiger partial charge is 0.306 e. The number of anilines is 1. The van der Waals surface area contributed by atoms with Crippen molar-refractivity contribution in [1.82, 2.24) is 9.97 Å². The summed E-state index contributed by atoms with van der Waals surface area (Å²) in [5, 5.41) is 13.2. The number of para-hydroxylation sites is 1. The van der Waals surface area contributed by atoms with Gasteiger partial charge in [0.2, 0.25) is 5.95 Å². The quantitative estimate of drug-likeness (QED) is 0.882. The van der Waals surface area contributed by atoms with Gasteiger partial charge in [-0.2, -0.15) is 0 Å². The summed E-state index contributed by atoms with van der Waals surface area (Å²) in [6.07, 6.45) is 4.01. The molecular weight excluding hydrogens is 242 g/mol. The first kappa shape index (κ1) is 11.9. The average molecular weight is 257 g/mol. The summed E-state index contributed by atoms with van der Waals surface area (Å²) in [7, 11) is 0. The monoisotopic (exact) mass is 257 g/mol. The molecule has 1 fully saturated rings. The predicted octanol–water partition coefficient (Wildman–Crippen LogP) is 2.29. The van der Waals surface area contributed by atoms with Crippen molar-refractivity contribution in [1.29, 1.82) is 0 Å². The van der Waals surface area contributed by atoms with E-state index in [9.17, 15) is 4.79 Å². The lowest BCUT2D eigenvalue weighted by atomic mass is 10.1. The fourth-order valence-electron chi connectivity index (χ4n) is 2.56. The topological polar surface area (TPSA) is 75.1 Å². The Kier molecular flexibility index (Phi) is 3.03. The third-order valence-corrected chi connectivity index (χ3v) is 3.60. The van der Waals surface area contributed by atoms with Crippen LogP contribution in [0.15, 0.2) is 30.5 Å². The van der Waals surface area contributed by atoms with Crippen LogP contribution in [0, 0.1) is 5.92 Å². The lowest BCUT2D eigenvalue weighted by Crippen LogP contribution is -2.19. The molecule has 0 radical (unpaired) electrons. The molecule has 1 aliphatic carbocycles. The number of nitrogens with zero attached hydrogens (tertiary/aromatic N) is 2. The van der Waals surface area contributed by atoms with Gasteiger partial charge in [0, 0.05) is 17.6 Å². The van der Waals surface area contributed by atoms with Gasteiger partial charge in [-0.25, -0.2) is 9.97 Å². The molecule has 5 heteroatoms. The Bertz CT molecular complexity index is 614. The SMILES string of the molecule is O=C(O)[C@@H]1CC[C@H](Nc2ncc3ccccc3n2)C1. The number of hydrogen-bond donors (Lipinski definition) is 2. The molecule has 98 valence electrons. The third kappa shape index (κ3) is 2.50. The van der Waals surface area contributed by atoms with Crippen LogP contribution in [-0.2, 0) is 4.79 Å². The first-order valence-electron chi connectivity index (χ1n) is 6.43. The van der Waals surface area contributed by atoms with Crippen LogP contribution >= 0.6 is 0 Å². The van der Waals surface area contributed by atoms with Crippen LogP contribution in [-0.4, -0.2) is 27.1 Å². The van der Waals surface area contributed by atoms with Crippen LogP contribution in [0.2, 0.25) is 0 Å². The molecule has 0 spiro atoms. The Morgan fingerprint density at radius 2 is 2.16 bits per heavy atom. The summed E-state index contributed by atoms with van der Waals surface area (Å²) in [6, 6.07) is 7.95. The molecule has 1 saturated carbocycles. The summed E-state index contributed by atoms with van der Waals surface area (Å²) in [6.45, 7) is 0. The normalized spacial score (nSPS) is 22.5. The van der Waals surface area contributed by atoms with Gasteiger partial charge in [0.1, 0.15) is 0 Å². The Hall–Kier alpha value is -2.17. The maximum Gasteiger partial charge on any atom is 0.306 e. The van der Waals surface area contributed by atoms with Crippen molar-refractivity contribution in [3.8, 4) is 0 Å². The van der Waals surface area contributed by atoms with Crippen molar-refractivity contribution < 1.29 is 9.90 Å². The van der Waals surface area contributed by atoms with Crippen molar-refractivity contribution >= 4 is 22.8 Å². The number of carbonyl (C=O) groups is 1. The summed E-state index contributed by atoms with van der Waals surface area (Å²) in [5.74, 6) is -0.364. The van der Waals surface area contributed by atoms with E-state index >= 15 is 0 Å². The molecule has 2 N–H and O–H groups in total. The Labute approximate surface area is 110 Å². The van der Waals surface area contributed by atoms with E-state index in [1.165, 1.54) is 0 Å². The van der Waals surface area contributed by atoms with E-state index < -0.39 is 5.97 Å². The lowest BCUT2D eigenvalue weighted by Gasteiger charge is -2.12. The molecule has 1 heterocycles. The Morgan fingerprint density at radius 1 is 1.32 bits per heavy atom. The highest BCUT2D eigenvalue weighted by atomic mass is 16.4. The van der Waals surface area contributed by atoms with Crippen LogP contribution < -0.4 is 5.32 Å². The number of fused-ring (bicyclic) bond motifs is 1. The molecule has 0 aliphatic heterocycles. The van der Waals surface area contributed by atoms with Crippen LogP contribution in [0.5, 0.6) is 0 Å². The van der Waals surface area contributed by atoms with E-state index in [2.05, 4.69) is 15.3 Å². The fraction of sp³-hybridized carbons (Fsp3) is 0.357. The molecular formula is C14H15N3O2. The van der Waals surface area contributed by atoms with Gasteiger partial charge in [0.15, 0.2) is 0 Å². The van der Waals surface area contributed by atoms with Crippen LogP contribution in [0.3, 0.4) is 0 Å². The number of aliphatic carboxylic acids is 1. The molecule has 1 aromatic carbocycles. The molecule has 0 unspecified atom stereocenters. The highest BCUT2D eigenvalue weighted by Gasteiger charge is 2.29. The predicted molar refractivity (Wildman–Crippen MR) is 71.9 cm³/mol. The van der Waals surface area contributed by atoms with Gasteiger partial charge >= 0.3 is 5.97 Å². The second kappa shape index (κ2) is 4.84. The zero-order chi connectivity index (χ0) is 13.2. The highest BCUT2D eigenvalue weighted by molar-refractivity contribution is 5.78. The van der Waals surface area contributed by atoms with Crippen LogP contribution in [0.1, 0.15) is 19.3 Å². The molecule has 1 aromatic heterocycles. The van der Waals surface area contributed by atoms with E-state index in [1.807, 2.05) is 24.3 Å². The van der Waals surface area contributed by atoms with Crippen molar-refractivity contribution in [2.45, 2.75) is 25.3 Å². The maximum absolute atomic E-state index is 10.9. The fourth-order valence-corrected chi connectivity index (χ4v) is 2.56. The second-order valence-electron chi connectivity index (χ2n) is 4.94. The minimum atomic E-state index is -0.705.